The van der Waals surface area contributed by atoms with Gasteiger partial charge < -0.3 is 30.0 Å². The maximum Gasteiger partial charge on any atom is 0.303 e. The fraction of sp³-hybridized carbons (Fsp3) is 0.526. The van der Waals surface area contributed by atoms with Gasteiger partial charge in [0.05, 0.1) is 6.33 Å². The van der Waals surface area contributed by atoms with Crippen molar-refractivity contribution < 1.29 is 38.1 Å². The summed E-state index contributed by atoms with van der Waals surface area (Å²) in [6.07, 6.45) is -1.90. The van der Waals surface area contributed by atoms with E-state index in [1.165, 1.54) is 44.9 Å². The van der Waals surface area contributed by atoms with Crippen molar-refractivity contribution in [2.75, 3.05) is 12.3 Å². The Labute approximate surface area is 187 Å². The molecule has 178 valence electrons. The summed E-state index contributed by atoms with van der Waals surface area (Å²) in [6.45, 7) is 4.50. The van der Waals surface area contributed by atoms with Gasteiger partial charge in [-0.25, -0.2) is 15.0 Å². The van der Waals surface area contributed by atoms with Gasteiger partial charge in [0.1, 0.15) is 30.6 Å². The van der Waals surface area contributed by atoms with Crippen LogP contribution in [0.4, 0.5) is 5.82 Å². The first-order valence-electron chi connectivity index (χ1n) is 9.91. The van der Waals surface area contributed by atoms with Gasteiger partial charge in [-0.3, -0.25) is 23.7 Å². The molecular formula is C19H24N6O8. The molecule has 1 amide bonds. The van der Waals surface area contributed by atoms with E-state index in [0.717, 1.165) is 0 Å². The van der Waals surface area contributed by atoms with E-state index in [1.807, 2.05) is 0 Å². The van der Waals surface area contributed by atoms with Gasteiger partial charge in [0.2, 0.25) is 5.91 Å². The number of nitrogens with zero attached hydrogens (tertiary/aromatic N) is 4. The van der Waals surface area contributed by atoms with E-state index in [0.29, 0.717) is 0 Å². The lowest BCUT2D eigenvalue weighted by atomic mass is 9.94. The Balaban J connectivity index is 2.13. The van der Waals surface area contributed by atoms with Gasteiger partial charge in [0.15, 0.2) is 29.9 Å². The van der Waals surface area contributed by atoms with Crippen LogP contribution in [0.15, 0.2) is 12.7 Å². The van der Waals surface area contributed by atoms with Crippen molar-refractivity contribution in [3.63, 3.8) is 0 Å². The monoisotopic (exact) mass is 464 g/mol. The molecular weight excluding hydrogens is 440 g/mol. The van der Waals surface area contributed by atoms with Crippen LogP contribution in [0.5, 0.6) is 0 Å². The molecule has 0 aromatic carbocycles. The molecule has 5 atom stereocenters. The minimum Gasteiger partial charge on any atom is -0.463 e. The highest BCUT2D eigenvalue weighted by atomic mass is 16.6. The lowest BCUT2D eigenvalue weighted by molar-refractivity contribution is -0.237. The average molecular weight is 464 g/mol. The third-order valence-electron chi connectivity index (χ3n) is 4.76. The predicted molar refractivity (Wildman–Crippen MR) is 109 cm³/mol. The highest BCUT2D eigenvalue weighted by Gasteiger charge is 2.51. The van der Waals surface area contributed by atoms with Crippen molar-refractivity contribution >= 4 is 40.8 Å². The molecule has 0 aliphatic carbocycles. The van der Waals surface area contributed by atoms with Gasteiger partial charge in [-0.1, -0.05) is 0 Å². The second-order valence-electron chi connectivity index (χ2n) is 7.33. The summed E-state index contributed by atoms with van der Waals surface area (Å²) in [6, 6.07) is -1.06. The largest absolute Gasteiger partial charge is 0.463 e. The number of anilines is 1. The van der Waals surface area contributed by atoms with Crippen LogP contribution in [0.25, 0.3) is 11.2 Å². The summed E-state index contributed by atoms with van der Waals surface area (Å²) in [5, 5.41) is 2.66. The normalized spacial score (nSPS) is 24.7. The van der Waals surface area contributed by atoms with E-state index in [9.17, 15) is 19.2 Å². The number of hydrogen-bond donors (Lipinski definition) is 2. The van der Waals surface area contributed by atoms with Gasteiger partial charge in [-0.05, 0) is 0 Å². The van der Waals surface area contributed by atoms with Gasteiger partial charge in [-0.15, -0.1) is 0 Å². The second-order valence-corrected chi connectivity index (χ2v) is 7.33. The molecule has 14 heteroatoms. The number of nitrogens with two attached hydrogens (primary N) is 1. The molecule has 1 aliphatic rings. The Morgan fingerprint density at radius 3 is 2.30 bits per heavy atom. The first-order chi connectivity index (χ1) is 15.6. The van der Waals surface area contributed by atoms with Crippen LogP contribution in [-0.4, -0.2) is 74.3 Å². The summed E-state index contributed by atoms with van der Waals surface area (Å²) < 4.78 is 23.5. The van der Waals surface area contributed by atoms with Crippen molar-refractivity contribution in [1.29, 1.82) is 0 Å². The van der Waals surface area contributed by atoms with Crippen molar-refractivity contribution in [2.24, 2.45) is 0 Å². The fourth-order valence-electron chi connectivity index (χ4n) is 3.61. The van der Waals surface area contributed by atoms with E-state index in [-0.39, 0.29) is 23.6 Å². The van der Waals surface area contributed by atoms with Crippen molar-refractivity contribution in [1.82, 2.24) is 24.8 Å². The molecule has 3 heterocycles. The first kappa shape index (κ1) is 23.8. The number of aromatic nitrogens is 4. The lowest BCUT2D eigenvalue weighted by Crippen LogP contribution is -2.64. The number of imidazole rings is 1. The Hall–Kier alpha value is -3.81. The Kier molecular flexibility index (Phi) is 7.06. The number of carbonyl (C=O) groups excluding carboxylic acids is 4. The van der Waals surface area contributed by atoms with E-state index >= 15 is 0 Å². The first-order valence-corrected chi connectivity index (χ1v) is 9.91. The van der Waals surface area contributed by atoms with E-state index < -0.39 is 54.4 Å². The number of fused-ring (bicyclic) bond motifs is 1. The summed E-state index contributed by atoms with van der Waals surface area (Å²) in [4.78, 5) is 59.5. The number of nitrogens with one attached hydrogen (secondary N) is 1. The summed E-state index contributed by atoms with van der Waals surface area (Å²) in [7, 11) is 0. The third-order valence-corrected chi connectivity index (χ3v) is 4.76. The number of hydrogen-bond acceptors (Lipinski definition) is 12. The van der Waals surface area contributed by atoms with Gasteiger partial charge >= 0.3 is 17.9 Å². The smallest absolute Gasteiger partial charge is 0.303 e. The third kappa shape index (κ3) is 5.34. The number of esters is 3. The zero-order valence-corrected chi connectivity index (χ0v) is 18.4. The zero-order valence-electron chi connectivity index (χ0n) is 18.4. The van der Waals surface area contributed by atoms with Crippen molar-refractivity contribution in [3.05, 3.63) is 12.7 Å². The van der Waals surface area contributed by atoms with Gasteiger partial charge in [0, 0.05) is 27.7 Å². The Morgan fingerprint density at radius 1 is 1.03 bits per heavy atom. The molecule has 2 aromatic rings. The van der Waals surface area contributed by atoms with Crippen LogP contribution in [-0.2, 0) is 38.1 Å². The average Bonchev–Trinajstić information content (AvgIpc) is 3.14. The van der Waals surface area contributed by atoms with Gasteiger partial charge in [0.25, 0.3) is 0 Å². The van der Waals surface area contributed by atoms with Gasteiger partial charge in [-0.2, -0.15) is 0 Å². The number of amides is 1. The SMILES string of the molecule is CC(=O)N[C@@H]1[C@@H](OC(C)=O)[C@H](n2cnc3c(N)ncnc32)O[C@H](COC(C)=O)[C@@H]1OC(C)=O. The molecule has 3 N–H and O–H groups in total. The minimum absolute atomic E-state index is 0.117. The fourth-order valence-corrected chi connectivity index (χ4v) is 3.61. The molecule has 3 rings (SSSR count). The van der Waals surface area contributed by atoms with Crippen LogP contribution < -0.4 is 11.1 Å². The molecule has 0 radical (unpaired) electrons. The highest BCUT2D eigenvalue weighted by molar-refractivity contribution is 5.81. The predicted octanol–water partition coefficient (Wildman–Crippen LogP) is -0.763. The summed E-state index contributed by atoms with van der Waals surface area (Å²) in [5.74, 6) is -2.32. The maximum atomic E-state index is 12.0. The van der Waals surface area contributed by atoms with Crippen LogP contribution in [0.1, 0.15) is 33.9 Å². The highest BCUT2D eigenvalue weighted by Crippen LogP contribution is 2.34. The lowest BCUT2D eigenvalue weighted by Gasteiger charge is -2.45. The maximum absolute atomic E-state index is 12.0. The minimum atomic E-state index is -1.18. The summed E-state index contributed by atoms with van der Waals surface area (Å²) >= 11 is 0. The number of carbonyl (C=O) groups is 4. The van der Waals surface area contributed by atoms with Crippen LogP contribution in [0.2, 0.25) is 0 Å². The van der Waals surface area contributed by atoms with Crippen molar-refractivity contribution in [3.8, 4) is 0 Å². The number of rotatable bonds is 6. The zero-order chi connectivity index (χ0) is 24.3. The van der Waals surface area contributed by atoms with Crippen LogP contribution in [0, 0.1) is 0 Å². The molecule has 1 saturated heterocycles. The molecule has 2 aromatic heterocycles. The van der Waals surface area contributed by atoms with Crippen LogP contribution in [0.3, 0.4) is 0 Å². The molecule has 14 nitrogen and oxygen atoms in total. The van der Waals surface area contributed by atoms with Crippen molar-refractivity contribution in [2.45, 2.75) is 58.3 Å². The number of nitrogen functional groups attached to an aromatic ring is 1. The van der Waals surface area contributed by atoms with E-state index in [2.05, 4.69) is 20.3 Å². The quantitative estimate of drug-likeness (QED) is 0.402. The molecule has 0 spiro atoms. The van der Waals surface area contributed by atoms with Crippen LogP contribution >= 0.6 is 0 Å². The number of ether oxygens (including phenoxy) is 4. The molecule has 0 saturated carbocycles. The Morgan fingerprint density at radius 2 is 1.70 bits per heavy atom. The molecule has 0 unspecified atom stereocenters. The molecule has 33 heavy (non-hydrogen) atoms. The molecule has 1 fully saturated rings. The van der Waals surface area contributed by atoms with E-state index in [4.69, 9.17) is 24.7 Å². The summed E-state index contributed by atoms with van der Waals surface area (Å²) in [5.41, 5.74) is 6.41. The standard InChI is InChI=1S/C19H24N6O8/c1-8(26)24-13-15(31-10(3)28)12(5-30-9(2)27)33-19(16(13)32-11(4)29)25-7-23-14-17(20)21-6-22-18(14)25/h6-7,12-13,15-16,19H,5H2,1-4H3,(H,24,26)(H2,20,21,22)/t12-,13+,15+,16-,19-/m1/s1. The molecule has 1 aliphatic heterocycles. The Bertz CT molecular complexity index is 1070. The second kappa shape index (κ2) is 9.77. The molecule has 0 bridgehead atoms. The topological polar surface area (TPSA) is 187 Å². The van der Waals surface area contributed by atoms with E-state index in [1.54, 1.807) is 0 Å².